The molecule has 20 heavy (non-hydrogen) atoms. The highest BCUT2D eigenvalue weighted by atomic mass is 16.4. The van der Waals surface area contributed by atoms with Crippen molar-refractivity contribution in [2.24, 2.45) is 0 Å². The van der Waals surface area contributed by atoms with Crippen molar-refractivity contribution in [2.45, 2.75) is 13.0 Å². The van der Waals surface area contributed by atoms with Crippen LogP contribution in [0.3, 0.4) is 0 Å². The molecule has 0 aliphatic carbocycles. The smallest absolute Gasteiger partial charge is 0.335 e. The molecule has 0 aliphatic heterocycles. The van der Waals surface area contributed by atoms with Crippen molar-refractivity contribution in [3.63, 3.8) is 0 Å². The normalized spacial score (nSPS) is 12.4. The summed E-state index contributed by atoms with van der Waals surface area (Å²) in [5, 5.41) is 8.96. The first-order valence-electron chi connectivity index (χ1n) is 6.55. The number of carbonyl (C=O) groups is 1. The summed E-state index contributed by atoms with van der Waals surface area (Å²) >= 11 is 0. The maximum atomic E-state index is 10.9. The third-order valence-electron chi connectivity index (χ3n) is 3.38. The Morgan fingerprint density at radius 3 is 1.80 bits per heavy atom. The first-order valence-corrected chi connectivity index (χ1v) is 6.55. The lowest BCUT2D eigenvalue weighted by molar-refractivity contribution is 0.0697. The van der Waals surface area contributed by atoms with Gasteiger partial charge in [0.1, 0.15) is 0 Å². The molecule has 2 rings (SSSR count). The van der Waals surface area contributed by atoms with Crippen LogP contribution in [0.5, 0.6) is 0 Å². The molecule has 0 amide bonds. The molecule has 3 nitrogen and oxygen atoms in total. The Hall–Kier alpha value is -2.13. The molecule has 0 saturated carbocycles. The topological polar surface area (TPSA) is 40.5 Å². The first-order chi connectivity index (χ1) is 9.49. The molecular formula is C17H19NO2. The molecule has 0 spiro atoms. The molecule has 3 heteroatoms. The third kappa shape index (κ3) is 3.06. The highest BCUT2D eigenvalue weighted by Gasteiger charge is 2.16. The molecule has 0 radical (unpaired) electrons. The second kappa shape index (κ2) is 5.88. The number of hydrogen-bond acceptors (Lipinski definition) is 2. The van der Waals surface area contributed by atoms with Crippen molar-refractivity contribution in [3.8, 4) is 0 Å². The van der Waals surface area contributed by atoms with E-state index in [1.807, 2.05) is 26.2 Å². The highest BCUT2D eigenvalue weighted by Crippen LogP contribution is 2.27. The summed E-state index contributed by atoms with van der Waals surface area (Å²) in [6.07, 6.45) is 0. The fraction of sp³-hybridized carbons (Fsp3) is 0.235. The number of carboxylic acids is 1. The van der Waals surface area contributed by atoms with E-state index < -0.39 is 5.97 Å². The van der Waals surface area contributed by atoms with Crippen molar-refractivity contribution < 1.29 is 9.90 Å². The van der Waals surface area contributed by atoms with Gasteiger partial charge in [-0.2, -0.15) is 0 Å². The summed E-state index contributed by atoms with van der Waals surface area (Å²) in [4.78, 5) is 13.0. The van der Waals surface area contributed by atoms with Crippen LogP contribution in [0.1, 0.15) is 33.1 Å². The molecule has 1 N–H and O–H groups in total. The second-order valence-corrected chi connectivity index (χ2v) is 5.20. The van der Waals surface area contributed by atoms with Crippen LogP contribution in [0.4, 0.5) is 0 Å². The SMILES string of the molecule is Cc1ccc(C(c2ccc(C(=O)O)cc2)N(C)C)cc1. The molecule has 0 heterocycles. The van der Waals surface area contributed by atoms with Gasteiger partial charge in [0.15, 0.2) is 0 Å². The Morgan fingerprint density at radius 1 is 0.950 bits per heavy atom. The number of aryl methyl sites for hydroxylation is 1. The van der Waals surface area contributed by atoms with Crippen LogP contribution in [-0.4, -0.2) is 30.1 Å². The zero-order chi connectivity index (χ0) is 14.7. The Balaban J connectivity index is 2.38. The summed E-state index contributed by atoms with van der Waals surface area (Å²) in [6.45, 7) is 2.07. The predicted molar refractivity (Wildman–Crippen MR) is 80.1 cm³/mol. The minimum Gasteiger partial charge on any atom is -0.478 e. The van der Waals surface area contributed by atoms with Gasteiger partial charge in [0.2, 0.25) is 0 Å². The molecule has 2 aromatic rings. The lowest BCUT2D eigenvalue weighted by Crippen LogP contribution is -2.21. The van der Waals surface area contributed by atoms with Crippen LogP contribution >= 0.6 is 0 Å². The second-order valence-electron chi connectivity index (χ2n) is 5.20. The predicted octanol–water partition coefficient (Wildman–Crippen LogP) is 3.34. The van der Waals surface area contributed by atoms with Crippen molar-refractivity contribution >= 4 is 5.97 Å². The Bertz CT molecular complexity index is 585. The maximum Gasteiger partial charge on any atom is 0.335 e. The number of rotatable bonds is 4. The molecule has 0 aliphatic rings. The summed E-state index contributed by atoms with van der Waals surface area (Å²) in [5.74, 6) is -0.895. The van der Waals surface area contributed by atoms with Crippen LogP contribution in [0.15, 0.2) is 48.5 Å². The van der Waals surface area contributed by atoms with Gasteiger partial charge in [0.25, 0.3) is 0 Å². The number of carboxylic acid groups (broad SMARTS) is 1. The van der Waals surface area contributed by atoms with Crippen LogP contribution < -0.4 is 0 Å². The zero-order valence-corrected chi connectivity index (χ0v) is 12.0. The largest absolute Gasteiger partial charge is 0.478 e. The van der Waals surface area contributed by atoms with E-state index in [4.69, 9.17) is 5.11 Å². The molecule has 0 aromatic heterocycles. The van der Waals surface area contributed by atoms with Crippen LogP contribution in [0.2, 0.25) is 0 Å². The maximum absolute atomic E-state index is 10.9. The van der Waals surface area contributed by atoms with Gasteiger partial charge in [0, 0.05) is 0 Å². The number of nitrogens with zero attached hydrogens (tertiary/aromatic N) is 1. The first kappa shape index (κ1) is 14.3. The van der Waals surface area contributed by atoms with Crippen molar-refractivity contribution in [2.75, 3.05) is 14.1 Å². The van der Waals surface area contributed by atoms with Crippen LogP contribution in [-0.2, 0) is 0 Å². The van der Waals surface area contributed by atoms with Gasteiger partial charge < -0.3 is 5.11 Å². The van der Waals surface area contributed by atoms with Crippen LogP contribution in [0.25, 0.3) is 0 Å². The van der Waals surface area contributed by atoms with E-state index in [9.17, 15) is 4.79 Å². The Labute approximate surface area is 119 Å². The van der Waals surface area contributed by atoms with E-state index in [1.165, 1.54) is 11.1 Å². The van der Waals surface area contributed by atoms with E-state index in [0.29, 0.717) is 5.56 Å². The van der Waals surface area contributed by atoms with E-state index in [2.05, 4.69) is 36.1 Å². The fourth-order valence-corrected chi connectivity index (χ4v) is 2.35. The molecule has 0 saturated heterocycles. The molecule has 1 unspecified atom stereocenters. The van der Waals surface area contributed by atoms with E-state index in [-0.39, 0.29) is 6.04 Å². The minimum atomic E-state index is -0.895. The van der Waals surface area contributed by atoms with Crippen LogP contribution in [0, 0.1) is 6.92 Å². The number of aromatic carboxylic acids is 1. The van der Waals surface area contributed by atoms with Gasteiger partial charge in [-0.3, -0.25) is 4.90 Å². The molecular weight excluding hydrogens is 250 g/mol. The van der Waals surface area contributed by atoms with Gasteiger partial charge in [-0.25, -0.2) is 4.79 Å². The monoisotopic (exact) mass is 269 g/mol. The summed E-state index contributed by atoms with van der Waals surface area (Å²) < 4.78 is 0. The molecule has 2 aromatic carbocycles. The summed E-state index contributed by atoms with van der Waals surface area (Å²) in [5.41, 5.74) is 3.83. The number of benzene rings is 2. The van der Waals surface area contributed by atoms with E-state index in [1.54, 1.807) is 12.1 Å². The Morgan fingerprint density at radius 2 is 1.40 bits per heavy atom. The third-order valence-corrected chi connectivity index (χ3v) is 3.38. The molecule has 104 valence electrons. The van der Waals surface area contributed by atoms with Gasteiger partial charge in [0.05, 0.1) is 11.6 Å². The van der Waals surface area contributed by atoms with E-state index >= 15 is 0 Å². The quantitative estimate of drug-likeness (QED) is 0.925. The van der Waals surface area contributed by atoms with Gasteiger partial charge in [-0.1, -0.05) is 42.0 Å². The Kier molecular flexibility index (Phi) is 4.20. The van der Waals surface area contributed by atoms with Gasteiger partial charge in [-0.05, 0) is 44.3 Å². The minimum absolute atomic E-state index is 0.124. The van der Waals surface area contributed by atoms with E-state index in [0.717, 1.165) is 5.56 Å². The van der Waals surface area contributed by atoms with Crippen molar-refractivity contribution in [1.82, 2.24) is 4.90 Å². The molecule has 1 atom stereocenters. The average molecular weight is 269 g/mol. The van der Waals surface area contributed by atoms with Gasteiger partial charge >= 0.3 is 5.97 Å². The fourth-order valence-electron chi connectivity index (χ4n) is 2.35. The lowest BCUT2D eigenvalue weighted by atomic mass is 9.96. The molecule has 0 fully saturated rings. The summed E-state index contributed by atoms with van der Waals surface area (Å²) in [6, 6.07) is 15.6. The number of hydrogen-bond donors (Lipinski definition) is 1. The lowest BCUT2D eigenvalue weighted by Gasteiger charge is -2.25. The highest BCUT2D eigenvalue weighted by molar-refractivity contribution is 5.87. The average Bonchev–Trinajstić information content (AvgIpc) is 2.41. The zero-order valence-electron chi connectivity index (χ0n) is 12.0. The molecule has 0 bridgehead atoms. The van der Waals surface area contributed by atoms with Gasteiger partial charge in [-0.15, -0.1) is 0 Å². The van der Waals surface area contributed by atoms with Crippen molar-refractivity contribution in [3.05, 3.63) is 70.8 Å². The standard InChI is InChI=1S/C17H19NO2/c1-12-4-6-13(7-5-12)16(18(2)3)14-8-10-15(11-9-14)17(19)20/h4-11,16H,1-3H3,(H,19,20). The summed E-state index contributed by atoms with van der Waals surface area (Å²) in [7, 11) is 4.05. The van der Waals surface area contributed by atoms with Crippen molar-refractivity contribution in [1.29, 1.82) is 0 Å².